The van der Waals surface area contributed by atoms with Gasteiger partial charge in [0.15, 0.2) is 11.6 Å². The lowest BCUT2D eigenvalue weighted by Gasteiger charge is -2.25. The first-order valence-electron chi connectivity index (χ1n) is 7.82. The Morgan fingerprint density at radius 1 is 1.30 bits per heavy atom. The van der Waals surface area contributed by atoms with E-state index >= 15 is 0 Å². The van der Waals surface area contributed by atoms with Crippen molar-refractivity contribution in [1.29, 1.82) is 0 Å². The molecule has 1 aromatic carbocycles. The van der Waals surface area contributed by atoms with Crippen LogP contribution in [0.2, 0.25) is 0 Å². The van der Waals surface area contributed by atoms with Crippen molar-refractivity contribution < 1.29 is 23.0 Å². The summed E-state index contributed by atoms with van der Waals surface area (Å²) in [4.78, 5) is 11.9. The minimum Gasteiger partial charge on any atom is -0.490 e. The van der Waals surface area contributed by atoms with Crippen molar-refractivity contribution >= 4 is 6.09 Å². The van der Waals surface area contributed by atoms with Crippen molar-refractivity contribution in [3.63, 3.8) is 0 Å². The van der Waals surface area contributed by atoms with Crippen LogP contribution in [-0.2, 0) is 4.74 Å². The van der Waals surface area contributed by atoms with Gasteiger partial charge in [-0.2, -0.15) is 0 Å². The lowest BCUT2D eigenvalue weighted by atomic mass is 10.1. The molecule has 0 heterocycles. The lowest BCUT2D eigenvalue weighted by Crippen LogP contribution is -2.42. The van der Waals surface area contributed by atoms with E-state index in [0.717, 1.165) is 31.4 Å². The summed E-state index contributed by atoms with van der Waals surface area (Å²) in [6.07, 6.45) is 2.21. The molecule has 4 nitrogen and oxygen atoms in total. The molecule has 1 fully saturated rings. The molecule has 2 atom stereocenters. The SMILES string of the molecule is CC(C)(C)OC(=O)N[C@H]1CCC[C@@H]1COc1ccc(F)cc1F. The number of carbonyl (C=O) groups excluding carboxylic acids is 1. The fraction of sp³-hybridized carbons (Fsp3) is 0.588. The summed E-state index contributed by atoms with van der Waals surface area (Å²) in [7, 11) is 0. The molecule has 1 amide bonds. The molecule has 0 aliphatic heterocycles. The summed E-state index contributed by atoms with van der Waals surface area (Å²) in [5.41, 5.74) is -0.550. The first kappa shape index (κ1) is 17.5. The van der Waals surface area contributed by atoms with Crippen LogP contribution in [0.4, 0.5) is 13.6 Å². The molecule has 1 aromatic rings. The Labute approximate surface area is 135 Å². The molecular weight excluding hydrogens is 304 g/mol. The van der Waals surface area contributed by atoms with Crippen LogP contribution < -0.4 is 10.1 Å². The molecule has 0 aromatic heterocycles. The summed E-state index contributed by atoms with van der Waals surface area (Å²) < 4.78 is 37.1. The Morgan fingerprint density at radius 3 is 2.70 bits per heavy atom. The van der Waals surface area contributed by atoms with E-state index in [0.29, 0.717) is 0 Å². The predicted molar refractivity (Wildman–Crippen MR) is 82.4 cm³/mol. The number of ether oxygens (including phenoxy) is 2. The summed E-state index contributed by atoms with van der Waals surface area (Å²) in [6.45, 7) is 5.68. The maximum atomic E-state index is 13.6. The zero-order valence-corrected chi connectivity index (χ0v) is 13.7. The third-order valence-corrected chi connectivity index (χ3v) is 3.71. The van der Waals surface area contributed by atoms with Crippen LogP contribution >= 0.6 is 0 Å². The molecule has 1 N–H and O–H groups in total. The number of nitrogens with one attached hydrogen (secondary N) is 1. The van der Waals surface area contributed by atoms with Gasteiger partial charge in [-0.1, -0.05) is 6.42 Å². The molecule has 23 heavy (non-hydrogen) atoms. The fourth-order valence-electron chi connectivity index (χ4n) is 2.67. The average Bonchev–Trinajstić information content (AvgIpc) is 2.82. The highest BCUT2D eigenvalue weighted by Gasteiger charge is 2.30. The van der Waals surface area contributed by atoms with Gasteiger partial charge in [0.25, 0.3) is 0 Å². The van der Waals surface area contributed by atoms with Crippen LogP contribution in [-0.4, -0.2) is 24.3 Å². The Bertz CT molecular complexity index is 557. The van der Waals surface area contributed by atoms with E-state index < -0.39 is 23.3 Å². The van der Waals surface area contributed by atoms with Gasteiger partial charge in [-0.15, -0.1) is 0 Å². The van der Waals surface area contributed by atoms with Crippen molar-refractivity contribution in [3.05, 3.63) is 29.8 Å². The molecule has 2 rings (SSSR count). The Balaban J connectivity index is 1.88. The summed E-state index contributed by atoms with van der Waals surface area (Å²) in [5, 5.41) is 2.85. The van der Waals surface area contributed by atoms with Gasteiger partial charge in [0.1, 0.15) is 11.4 Å². The smallest absolute Gasteiger partial charge is 0.407 e. The highest BCUT2D eigenvalue weighted by molar-refractivity contribution is 5.68. The molecule has 1 aliphatic rings. The number of benzene rings is 1. The van der Waals surface area contributed by atoms with Gasteiger partial charge in [-0.05, 0) is 45.7 Å². The van der Waals surface area contributed by atoms with Crippen LogP contribution in [0.3, 0.4) is 0 Å². The minimum atomic E-state index is -0.723. The highest BCUT2D eigenvalue weighted by atomic mass is 19.1. The van der Waals surface area contributed by atoms with E-state index in [4.69, 9.17) is 9.47 Å². The normalized spacial score (nSPS) is 21.1. The van der Waals surface area contributed by atoms with E-state index in [9.17, 15) is 13.6 Å². The minimum absolute atomic E-state index is 0.0225. The van der Waals surface area contributed by atoms with Crippen molar-refractivity contribution in [2.24, 2.45) is 5.92 Å². The molecule has 1 aliphatic carbocycles. The van der Waals surface area contributed by atoms with Gasteiger partial charge in [0.2, 0.25) is 0 Å². The molecule has 0 spiro atoms. The number of hydrogen-bond donors (Lipinski definition) is 1. The number of alkyl carbamates (subject to hydrolysis) is 1. The maximum Gasteiger partial charge on any atom is 0.407 e. The zero-order chi connectivity index (χ0) is 17.0. The van der Waals surface area contributed by atoms with Crippen LogP contribution in [0.1, 0.15) is 40.0 Å². The number of rotatable bonds is 4. The maximum absolute atomic E-state index is 13.6. The van der Waals surface area contributed by atoms with Gasteiger partial charge in [0, 0.05) is 18.0 Å². The number of hydrogen-bond acceptors (Lipinski definition) is 3. The van der Waals surface area contributed by atoms with E-state index in [1.165, 1.54) is 6.07 Å². The quantitative estimate of drug-likeness (QED) is 0.908. The summed E-state index contributed by atoms with van der Waals surface area (Å²) >= 11 is 0. The molecular formula is C17H23F2NO3. The predicted octanol–water partition coefficient (Wildman–Crippen LogP) is 4.04. The number of halogens is 2. The third kappa shape index (κ3) is 5.37. The van der Waals surface area contributed by atoms with E-state index in [1.807, 2.05) is 0 Å². The van der Waals surface area contributed by atoms with Crippen LogP contribution in [0.15, 0.2) is 18.2 Å². The van der Waals surface area contributed by atoms with Gasteiger partial charge >= 0.3 is 6.09 Å². The third-order valence-electron chi connectivity index (χ3n) is 3.71. The molecule has 6 heteroatoms. The number of carbonyl (C=O) groups is 1. The molecule has 0 radical (unpaired) electrons. The second-order valence-corrected chi connectivity index (χ2v) is 6.83. The standard InChI is InChI=1S/C17H23F2NO3/c1-17(2,3)23-16(21)20-14-6-4-5-11(14)10-22-15-8-7-12(18)9-13(15)19/h7-9,11,14H,4-6,10H2,1-3H3,(H,20,21)/t11-,14+/m1/s1. The van der Waals surface area contributed by atoms with Crippen LogP contribution in [0.25, 0.3) is 0 Å². The fourth-order valence-corrected chi connectivity index (χ4v) is 2.67. The van der Waals surface area contributed by atoms with E-state index in [2.05, 4.69) is 5.32 Å². The van der Waals surface area contributed by atoms with Crippen LogP contribution in [0.5, 0.6) is 5.75 Å². The Kier molecular flexibility index (Phi) is 5.44. The lowest BCUT2D eigenvalue weighted by molar-refractivity contribution is 0.0484. The monoisotopic (exact) mass is 327 g/mol. The Morgan fingerprint density at radius 2 is 2.04 bits per heavy atom. The van der Waals surface area contributed by atoms with E-state index in [1.54, 1.807) is 20.8 Å². The molecule has 1 saturated carbocycles. The van der Waals surface area contributed by atoms with Gasteiger partial charge in [-0.3, -0.25) is 0 Å². The van der Waals surface area contributed by atoms with Crippen molar-refractivity contribution in [3.8, 4) is 5.75 Å². The first-order chi connectivity index (χ1) is 10.7. The van der Waals surface area contributed by atoms with Crippen molar-refractivity contribution in [2.75, 3.05) is 6.61 Å². The molecule has 0 bridgehead atoms. The van der Waals surface area contributed by atoms with Gasteiger partial charge < -0.3 is 14.8 Å². The van der Waals surface area contributed by atoms with Crippen molar-refractivity contribution in [1.82, 2.24) is 5.32 Å². The Hall–Kier alpha value is -1.85. The second kappa shape index (κ2) is 7.15. The van der Waals surface area contributed by atoms with Gasteiger partial charge in [-0.25, -0.2) is 13.6 Å². The number of amides is 1. The highest BCUT2D eigenvalue weighted by Crippen LogP contribution is 2.28. The first-order valence-corrected chi connectivity index (χ1v) is 7.82. The largest absolute Gasteiger partial charge is 0.490 e. The topological polar surface area (TPSA) is 47.6 Å². The molecule has 128 valence electrons. The van der Waals surface area contributed by atoms with Gasteiger partial charge in [0.05, 0.1) is 6.61 Å². The summed E-state index contributed by atoms with van der Waals surface area (Å²) in [6, 6.07) is 3.16. The zero-order valence-electron chi connectivity index (χ0n) is 13.7. The molecule has 0 saturated heterocycles. The van der Waals surface area contributed by atoms with Crippen molar-refractivity contribution in [2.45, 2.75) is 51.7 Å². The average molecular weight is 327 g/mol. The van der Waals surface area contributed by atoms with Crippen LogP contribution in [0, 0.1) is 17.6 Å². The second-order valence-electron chi connectivity index (χ2n) is 6.83. The molecule has 0 unspecified atom stereocenters. The summed E-state index contributed by atoms with van der Waals surface area (Å²) in [5.74, 6) is -1.26. The van der Waals surface area contributed by atoms with E-state index in [-0.39, 0.29) is 24.3 Å².